The number of non-ortho nitro benzene ring substituents is 1. The predicted molar refractivity (Wildman–Crippen MR) is 77.7 cm³/mol. The number of nitrogens with two attached hydrogens (primary N) is 1. The van der Waals surface area contributed by atoms with Crippen molar-refractivity contribution >= 4 is 17.1 Å². The van der Waals surface area contributed by atoms with Crippen LogP contribution in [0.5, 0.6) is 5.75 Å². The Morgan fingerprint density at radius 2 is 1.68 bits per heavy atom. The molecule has 0 atom stereocenters. The second-order valence-electron chi connectivity index (χ2n) is 4.24. The van der Waals surface area contributed by atoms with Crippen LogP contribution in [0, 0.1) is 20.2 Å². The number of benzene rings is 2. The number of phenolic OH excluding ortho intramolecular Hbond substituents is 1. The van der Waals surface area contributed by atoms with Crippen molar-refractivity contribution in [2.45, 2.75) is 0 Å². The van der Waals surface area contributed by atoms with Gasteiger partial charge in [0.05, 0.1) is 21.5 Å². The molecule has 2 aromatic carbocycles. The molecule has 22 heavy (non-hydrogen) atoms. The molecule has 0 spiro atoms. The molecule has 0 aliphatic rings. The van der Waals surface area contributed by atoms with Crippen LogP contribution in [0.1, 0.15) is 11.1 Å². The molecular formula is C13H10N4O5. The van der Waals surface area contributed by atoms with Crippen molar-refractivity contribution < 1.29 is 15.0 Å². The second-order valence-corrected chi connectivity index (χ2v) is 4.24. The van der Waals surface area contributed by atoms with Crippen molar-refractivity contribution in [2.24, 2.45) is 10.9 Å². The Bertz CT molecular complexity index is 770. The summed E-state index contributed by atoms with van der Waals surface area (Å²) in [6, 6.07) is 8.90. The van der Waals surface area contributed by atoms with Crippen LogP contribution in [0.4, 0.5) is 11.4 Å². The SMILES string of the molecule is N/N=C(\c1ccc(O)cc1)c1ccc([N+](=O)[O-])cc1[N+](=O)[O-]. The number of hydrogen-bond acceptors (Lipinski definition) is 7. The molecule has 0 unspecified atom stereocenters. The summed E-state index contributed by atoms with van der Waals surface area (Å²) >= 11 is 0. The Morgan fingerprint density at radius 1 is 1.05 bits per heavy atom. The van der Waals surface area contributed by atoms with Crippen LogP contribution in [0.25, 0.3) is 0 Å². The van der Waals surface area contributed by atoms with E-state index in [9.17, 15) is 25.3 Å². The zero-order valence-electron chi connectivity index (χ0n) is 11.0. The minimum Gasteiger partial charge on any atom is -0.508 e. The average Bonchev–Trinajstić information content (AvgIpc) is 2.49. The molecule has 0 amide bonds. The van der Waals surface area contributed by atoms with Gasteiger partial charge in [-0.15, -0.1) is 0 Å². The molecular weight excluding hydrogens is 292 g/mol. The highest BCUT2D eigenvalue weighted by Gasteiger charge is 2.23. The molecule has 0 aromatic heterocycles. The molecule has 2 rings (SSSR count). The molecule has 9 heteroatoms. The summed E-state index contributed by atoms with van der Waals surface area (Å²) in [7, 11) is 0. The standard InChI is InChI=1S/C13H10N4O5/c14-15-13(8-1-4-10(18)5-2-8)11-6-3-9(16(19)20)7-12(11)17(21)22/h1-7,18H,14H2/b15-13+. The predicted octanol–water partition coefficient (Wildman–Crippen LogP) is 1.92. The normalized spacial score (nSPS) is 11.2. The van der Waals surface area contributed by atoms with Crippen molar-refractivity contribution in [3.63, 3.8) is 0 Å². The van der Waals surface area contributed by atoms with Gasteiger partial charge in [0.25, 0.3) is 11.4 Å². The van der Waals surface area contributed by atoms with Crippen LogP contribution in [0.15, 0.2) is 47.6 Å². The number of rotatable bonds is 4. The molecule has 2 aromatic rings. The lowest BCUT2D eigenvalue weighted by Gasteiger charge is -2.07. The molecule has 0 bridgehead atoms. The number of phenols is 1. The van der Waals surface area contributed by atoms with E-state index in [2.05, 4.69) is 5.10 Å². The number of aromatic hydroxyl groups is 1. The molecule has 0 heterocycles. The van der Waals surface area contributed by atoms with E-state index in [0.29, 0.717) is 5.56 Å². The van der Waals surface area contributed by atoms with Crippen LogP contribution in [0.3, 0.4) is 0 Å². The van der Waals surface area contributed by atoms with Crippen molar-refractivity contribution in [3.05, 3.63) is 73.8 Å². The maximum atomic E-state index is 11.1. The Morgan fingerprint density at radius 3 is 2.18 bits per heavy atom. The van der Waals surface area contributed by atoms with Crippen molar-refractivity contribution in [2.75, 3.05) is 0 Å². The van der Waals surface area contributed by atoms with Crippen LogP contribution in [0.2, 0.25) is 0 Å². The highest BCUT2D eigenvalue weighted by Crippen LogP contribution is 2.27. The zero-order valence-corrected chi connectivity index (χ0v) is 11.0. The van der Waals surface area contributed by atoms with E-state index < -0.39 is 21.2 Å². The molecule has 0 aliphatic carbocycles. The van der Waals surface area contributed by atoms with Crippen LogP contribution < -0.4 is 5.84 Å². The number of nitrogens with zero attached hydrogens (tertiary/aromatic N) is 3. The first-order valence-corrected chi connectivity index (χ1v) is 5.94. The van der Waals surface area contributed by atoms with E-state index in [4.69, 9.17) is 5.84 Å². The van der Waals surface area contributed by atoms with Crippen LogP contribution in [-0.2, 0) is 0 Å². The minimum absolute atomic E-state index is 0.0123. The first kappa shape index (κ1) is 14.9. The second kappa shape index (κ2) is 5.87. The van der Waals surface area contributed by atoms with Crippen LogP contribution in [-0.4, -0.2) is 20.7 Å². The lowest BCUT2D eigenvalue weighted by Crippen LogP contribution is -2.09. The van der Waals surface area contributed by atoms with Gasteiger partial charge in [0.15, 0.2) is 0 Å². The van der Waals surface area contributed by atoms with E-state index in [-0.39, 0.29) is 17.0 Å². The molecule has 0 fully saturated rings. The Hall–Kier alpha value is -3.49. The highest BCUT2D eigenvalue weighted by atomic mass is 16.6. The van der Waals surface area contributed by atoms with E-state index in [1.807, 2.05) is 0 Å². The van der Waals surface area contributed by atoms with Gasteiger partial charge < -0.3 is 10.9 Å². The quantitative estimate of drug-likeness (QED) is 0.382. The molecule has 0 aliphatic heterocycles. The lowest BCUT2D eigenvalue weighted by molar-refractivity contribution is -0.394. The summed E-state index contributed by atoms with van der Waals surface area (Å²) in [5.41, 5.74) is -0.327. The maximum Gasteiger partial charge on any atom is 0.285 e. The summed E-state index contributed by atoms with van der Waals surface area (Å²) in [5.74, 6) is 5.32. The van der Waals surface area contributed by atoms with Gasteiger partial charge in [-0.1, -0.05) is 0 Å². The van der Waals surface area contributed by atoms with Gasteiger partial charge in [0, 0.05) is 11.6 Å². The molecule has 3 N–H and O–H groups in total. The highest BCUT2D eigenvalue weighted by molar-refractivity contribution is 6.15. The van der Waals surface area contributed by atoms with E-state index in [1.165, 1.54) is 30.3 Å². The van der Waals surface area contributed by atoms with Gasteiger partial charge >= 0.3 is 0 Å². The van der Waals surface area contributed by atoms with Gasteiger partial charge in [-0.05, 0) is 30.3 Å². The van der Waals surface area contributed by atoms with Gasteiger partial charge in [-0.2, -0.15) is 5.10 Å². The summed E-state index contributed by atoms with van der Waals surface area (Å²) in [6.45, 7) is 0. The Kier molecular flexibility index (Phi) is 3.98. The van der Waals surface area contributed by atoms with Crippen molar-refractivity contribution in [1.29, 1.82) is 0 Å². The van der Waals surface area contributed by atoms with Gasteiger partial charge in [-0.25, -0.2) is 0 Å². The number of nitro groups is 2. The van der Waals surface area contributed by atoms with Gasteiger partial charge in [-0.3, -0.25) is 20.2 Å². The van der Waals surface area contributed by atoms with Gasteiger partial charge in [0.2, 0.25) is 0 Å². The van der Waals surface area contributed by atoms with Crippen molar-refractivity contribution in [3.8, 4) is 5.75 Å². The number of hydrogen-bond donors (Lipinski definition) is 2. The average molecular weight is 302 g/mol. The molecule has 0 saturated carbocycles. The smallest absolute Gasteiger partial charge is 0.285 e. The first-order valence-electron chi connectivity index (χ1n) is 5.94. The first-order chi connectivity index (χ1) is 10.4. The number of nitro benzene ring substituents is 2. The fraction of sp³-hybridized carbons (Fsp3) is 0. The number of hydrazone groups is 1. The summed E-state index contributed by atoms with van der Waals surface area (Å²) in [4.78, 5) is 20.4. The third kappa shape index (κ3) is 2.82. The molecule has 0 radical (unpaired) electrons. The molecule has 0 saturated heterocycles. The fourth-order valence-corrected chi connectivity index (χ4v) is 1.90. The Labute approximate surface area is 123 Å². The van der Waals surface area contributed by atoms with E-state index in [1.54, 1.807) is 0 Å². The summed E-state index contributed by atoms with van der Waals surface area (Å²) in [6.07, 6.45) is 0. The maximum absolute atomic E-state index is 11.1. The monoisotopic (exact) mass is 302 g/mol. The zero-order chi connectivity index (χ0) is 16.3. The topological polar surface area (TPSA) is 145 Å². The Balaban J connectivity index is 2.61. The molecule has 9 nitrogen and oxygen atoms in total. The minimum atomic E-state index is -0.742. The summed E-state index contributed by atoms with van der Waals surface area (Å²) in [5, 5.41) is 34.7. The largest absolute Gasteiger partial charge is 0.508 e. The lowest BCUT2D eigenvalue weighted by atomic mass is 10.00. The fourth-order valence-electron chi connectivity index (χ4n) is 1.90. The van der Waals surface area contributed by atoms with Crippen molar-refractivity contribution in [1.82, 2.24) is 0 Å². The van der Waals surface area contributed by atoms with E-state index in [0.717, 1.165) is 12.1 Å². The third-order valence-corrected chi connectivity index (χ3v) is 2.91. The summed E-state index contributed by atoms with van der Waals surface area (Å²) < 4.78 is 0. The van der Waals surface area contributed by atoms with E-state index >= 15 is 0 Å². The molecule has 112 valence electrons. The van der Waals surface area contributed by atoms with Crippen LogP contribution >= 0.6 is 0 Å². The van der Waals surface area contributed by atoms with Gasteiger partial charge in [0.1, 0.15) is 11.5 Å². The third-order valence-electron chi connectivity index (χ3n) is 2.91.